The van der Waals surface area contributed by atoms with Crippen LogP contribution in [0, 0.1) is 0 Å². The van der Waals surface area contributed by atoms with Gasteiger partial charge in [0.1, 0.15) is 5.75 Å². The SMILES string of the molecule is COc1ccccc1CC(=O)NCCCN1CCCCC1C. The minimum Gasteiger partial charge on any atom is -0.496 e. The van der Waals surface area contributed by atoms with Crippen molar-refractivity contribution in [2.75, 3.05) is 26.7 Å². The molecule has 1 N–H and O–H groups in total. The minimum absolute atomic E-state index is 0.0659. The van der Waals surface area contributed by atoms with Gasteiger partial charge in [0.25, 0.3) is 0 Å². The first-order valence-electron chi connectivity index (χ1n) is 8.33. The summed E-state index contributed by atoms with van der Waals surface area (Å²) in [6.07, 6.45) is 5.37. The van der Waals surface area contributed by atoms with Crippen molar-refractivity contribution in [1.29, 1.82) is 0 Å². The van der Waals surface area contributed by atoms with E-state index < -0.39 is 0 Å². The van der Waals surface area contributed by atoms with Crippen molar-refractivity contribution in [3.05, 3.63) is 29.8 Å². The molecule has 2 rings (SSSR count). The molecule has 1 aliphatic heterocycles. The fourth-order valence-corrected chi connectivity index (χ4v) is 3.08. The molecule has 4 nitrogen and oxygen atoms in total. The summed E-state index contributed by atoms with van der Waals surface area (Å²) in [7, 11) is 1.64. The Hall–Kier alpha value is -1.55. The van der Waals surface area contributed by atoms with Crippen molar-refractivity contribution in [2.45, 2.75) is 45.1 Å². The molecule has 0 aromatic heterocycles. The topological polar surface area (TPSA) is 41.6 Å². The number of carbonyl (C=O) groups is 1. The Morgan fingerprint density at radius 3 is 2.95 bits per heavy atom. The fraction of sp³-hybridized carbons (Fsp3) is 0.611. The van der Waals surface area contributed by atoms with Crippen LogP contribution in [0.5, 0.6) is 5.75 Å². The maximum Gasteiger partial charge on any atom is 0.224 e. The van der Waals surface area contributed by atoms with Gasteiger partial charge in [-0.2, -0.15) is 0 Å². The van der Waals surface area contributed by atoms with Crippen LogP contribution >= 0.6 is 0 Å². The predicted molar refractivity (Wildman–Crippen MR) is 89.2 cm³/mol. The number of piperidine rings is 1. The lowest BCUT2D eigenvalue weighted by molar-refractivity contribution is -0.120. The molecule has 1 atom stereocenters. The van der Waals surface area contributed by atoms with Gasteiger partial charge in [-0.1, -0.05) is 24.6 Å². The van der Waals surface area contributed by atoms with E-state index in [-0.39, 0.29) is 5.91 Å². The van der Waals surface area contributed by atoms with Gasteiger partial charge in [0.15, 0.2) is 0 Å². The number of hydrogen-bond acceptors (Lipinski definition) is 3. The Balaban J connectivity index is 1.67. The average molecular weight is 304 g/mol. The van der Waals surface area contributed by atoms with Gasteiger partial charge in [0, 0.05) is 24.7 Å². The smallest absolute Gasteiger partial charge is 0.224 e. The summed E-state index contributed by atoms with van der Waals surface area (Å²) in [4.78, 5) is 14.6. The molecule has 1 heterocycles. The standard InChI is InChI=1S/C18H28N2O2/c1-15-8-5-6-12-20(15)13-7-11-19-18(21)14-16-9-3-4-10-17(16)22-2/h3-4,9-10,15H,5-8,11-14H2,1-2H3,(H,19,21). The van der Waals surface area contributed by atoms with E-state index in [1.54, 1.807) is 7.11 Å². The zero-order valence-corrected chi connectivity index (χ0v) is 13.8. The molecule has 1 aliphatic rings. The molecule has 0 bridgehead atoms. The number of para-hydroxylation sites is 1. The van der Waals surface area contributed by atoms with Gasteiger partial charge < -0.3 is 15.0 Å². The van der Waals surface area contributed by atoms with Gasteiger partial charge in [-0.05, 0) is 38.8 Å². The van der Waals surface area contributed by atoms with Crippen LogP contribution < -0.4 is 10.1 Å². The van der Waals surface area contributed by atoms with Crippen LogP contribution in [0.4, 0.5) is 0 Å². The lowest BCUT2D eigenvalue weighted by Gasteiger charge is -2.33. The van der Waals surface area contributed by atoms with Crippen LogP contribution in [0.3, 0.4) is 0 Å². The second kappa shape index (κ2) is 8.79. The first-order valence-corrected chi connectivity index (χ1v) is 8.33. The van der Waals surface area contributed by atoms with Crippen LogP contribution in [0.2, 0.25) is 0 Å². The number of methoxy groups -OCH3 is 1. The Labute approximate surface area is 133 Å². The first-order chi connectivity index (χ1) is 10.7. The van der Waals surface area contributed by atoms with E-state index in [4.69, 9.17) is 4.74 Å². The summed E-state index contributed by atoms with van der Waals surface area (Å²) in [5.41, 5.74) is 0.937. The van der Waals surface area contributed by atoms with Crippen molar-refractivity contribution in [2.24, 2.45) is 0 Å². The van der Waals surface area contributed by atoms with Gasteiger partial charge in [-0.3, -0.25) is 4.79 Å². The lowest BCUT2D eigenvalue weighted by atomic mass is 10.0. The number of rotatable bonds is 7. The van der Waals surface area contributed by atoms with E-state index in [0.29, 0.717) is 12.5 Å². The molecule has 1 amide bonds. The molecule has 22 heavy (non-hydrogen) atoms. The molecule has 0 spiro atoms. The van der Waals surface area contributed by atoms with Crippen molar-refractivity contribution >= 4 is 5.91 Å². The molecule has 1 unspecified atom stereocenters. The Morgan fingerprint density at radius 1 is 1.36 bits per heavy atom. The largest absolute Gasteiger partial charge is 0.496 e. The van der Waals surface area contributed by atoms with Crippen molar-refractivity contribution < 1.29 is 9.53 Å². The summed E-state index contributed by atoms with van der Waals surface area (Å²) >= 11 is 0. The van der Waals surface area contributed by atoms with E-state index in [2.05, 4.69) is 17.1 Å². The van der Waals surface area contributed by atoms with Crippen LogP contribution in [0.1, 0.15) is 38.2 Å². The number of nitrogens with zero attached hydrogens (tertiary/aromatic N) is 1. The van der Waals surface area contributed by atoms with Gasteiger partial charge in [-0.25, -0.2) is 0 Å². The summed E-state index contributed by atoms with van der Waals surface area (Å²) < 4.78 is 5.28. The highest BCUT2D eigenvalue weighted by Gasteiger charge is 2.17. The number of benzene rings is 1. The van der Waals surface area contributed by atoms with Crippen molar-refractivity contribution in [3.8, 4) is 5.75 Å². The van der Waals surface area contributed by atoms with E-state index in [1.807, 2.05) is 24.3 Å². The van der Waals surface area contributed by atoms with Gasteiger partial charge in [-0.15, -0.1) is 0 Å². The number of nitrogens with one attached hydrogen (secondary N) is 1. The molecule has 1 fully saturated rings. The van der Waals surface area contributed by atoms with Crippen molar-refractivity contribution in [3.63, 3.8) is 0 Å². The monoisotopic (exact) mass is 304 g/mol. The molecule has 1 aromatic carbocycles. The van der Waals surface area contributed by atoms with E-state index in [9.17, 15) is 4.79 Å². The molecule has 0 saturated carbocycles. The maximum atomic E-state index is 12.0. The molecule has 122 valence electrons. The summed E-state index contributed by atoms with van der Waals surface area (Å²) in [5.74, 6) is 0.844. The Morgan fingerprint density at radius 2 is 2.18 bits per heavy atom. The maximum absolute atomic E-state index is 12.0. The van der Waals surface area contributed by atoms with Crippen LogP contribution in [-0.2, 0) is 11.2 Å². The van der Waals surface area contributed by atoms with E-state index >= 15 is 0 Å². The highest BCUT2D eigenvalue weighted by atomic mass is 16.5. The molecule has 4 heteroatoms. The van der Waals surface area contributed by atoms with Crippen molar-refractivity contribution in [1.82, 2.24) is 10.2 Å². The first kappa shape index (κ1) is 16.8. The van der Waals surface area contributed by atoms with Gasteiger partial charge >= 0.3 is 0 Å². The van der Waals surface area contributed by atoms with E-state index in [1.165, 1.54) is 25.8 Å². The second-order valence-corrected chi connectivity index (χ2v) is 6.07. The number of carbonyl (C=O) groups excluding carboxylic acids is 1. The number of hydrogen-bond donors (Lipinski definition) is 1. The summed E-state index contributed by atoms with van der Waals surface area (Å²) in [5, 5.41) is 3.02. The third-order valence-corrected chi connectivity index (χ3v) is 4.43. The normalized spacial score (nSPS) is 18.9. The predicted octanol–water partition coefficient (Wildman–Crippen LogP) is 2.62. The van der Waals surface area contributed by atoms with E-state index in [0.717, 1.165) is 30.8 Å². The minimum atomic E-state index is 0.0659. The molecular weight excluding hydrogens is 276 g/mol. The number of amides is 1. The second-order valence-electron chi connectivity index (χ2n) is 6.07. The molecule has 1 saturated heterocycles. The third-order valence-electron chi connectivity index (χ3n) is 4.43. The van der Waals surface area contributed by atoms with Crippen LogP contribution in [0.15, 0.2) is 24.3 Å². The van der Waals surface area contributed by atoms with Gasteiger partial charge in [0.2, 0.25) is 5.91 Å². The molecule has 0 aliphatic carbocycles. The highest BCUT2D eigenvalue weighted by molar-refractivity contribution is 5.79. The molecular formula is C18H28N2O2. The fourth-order valence-electron chi connectivity index (χ4n) is 3.08. The highest BCUT2D eigenvalue weighted by Crippen LogP contribution is 2.18. The number of likely N-dealkylation sites (tertiary alicyclic amines) is 1. The summed E-state index contributed by atoms with van der Waals surface area (Å²) in [6, 6.07) is 8.37. The van der Waals surface area contributed by atoms with Crippen LogP contribution in [-0.4, -0.2) is 43.6 Å². The average Bonchev–Trinajstić information content (AvgIpc) is 2.53. The van der Waals surface area contributed by atoms with Crippen LogP contribution in [0.25, 0.3) is 0 Å². The number of ether oxygens (including phenoxy) is 1. The Bertz CT molecular complexity index is 476. The Kier molecular flexibility index (Phi) is 6.72. The quantitative estimate of drug-likeness (QED) is 0.787. The molecule has 1 aromatic rings. The zero-order valence-electron chi connectivity index (χ0n) is 13.8. The summed E-state index contributed by atoms with van der Waals surface area (Å²) in [6.45, 7) is 5.34. The van der Waals surface area contributed by atoms with Gasteiger partial charge in [0.05, 0.1) is 13.5 Å². The lowest BCUT2D eigenvalue weighted by Crippen LogP contribution is -2.39. The third kappa shape index (κ3) is 5.02. The zero-order chi connectivity index (χ0) is 15.8. The molecule has 0 radical (unpaired) electrons.